The molecule has 1 aromatic heterocycles. The van der Waals surface area contributed by atoms with Crippen molar-refractivity contribution in [3.8, 4) is 0 Å². The van der Waals surface area contributed by atoms with Gasteiger partial charge in [0.05, 0.1) is 11.6 Å². The summed E-state index contributed by atoms with van der Waals surface area (Å²) >= 11 is 0. The lowest BCUT2D eigenvalue weighted by atomic mass is 9.65. The van der Waals surface area contributed by atoms with E-state index in [1.54, 1.807) is 0 Å². The van der Waals surface area contributed by atoms with E-state index in [9.17, 15) is 4.79 Å². The molecule has 6 nitrogen and oxygen atoms in total. The number of rotatable bonds is 6. The molecule has 0 saturated carbocycles. The van der Waals surface area contributed by atoms with Gasteiger partial charge < -0.3 is 19.4 Å². The van der Waals surface area contributed by atoms with Gasteiger partial charge in [0.2, 0.25) is 5.91 Å². The summed E-state index contributed by atoms with van der Waals surface area (Å²) in [6.07, 6.45) is 7.72. The van der Waals surface area contributed by atoms with Gasteiger partial charge in [0, 0.05) is 43.8 Å². The molecule has 184 valence electrons. The number of piperidine rings is 1. The Balaban J connectivity index is 1.25. The third-order valence-corrected chi connectivity index (χ3v) is 9.08. The van der Waals surface area contributed by atoms with Gasteiger partial charge in [-0.2, -0.15) is 0 Å². The molecule has 1 N–H and O–H groups in total. The fourth-order valence-corrected chi connectivity index (χ4v) is 7.63. The third kappa shape index (κ3) is 3.69. The van der Waals surface area contributed by atoms with E-state index in [0.717, 1.165) is 58.4 Å². The second-order valence-electron chi connectivity index (χ2n) is 11.5. The van der Waals surface area contributed by atoms with Crippen molar-refractivity contribution in [3.05, 3.63) is 35.5 Å². The molecule has 6 rings (SSSR count). The van der Waals surface area contributed by atoms with E-state index in [-0.39, 0.29) is 17.9 Å². The zero-order valence-electron chi connectivity index (χ0n) is 20.8. The zero-order chi connectivity index (χ0) is 23.3. The second kappa shape index (κ2) is 8.65. The molecule has 34 heavy (non-hydrogen) atoms. The van der Waals surface area contributed by atoms with Crippen molar-refractivity contribution in [1.29, 1.82) is 0 Å². The van der Waals surface area contributed by atoms with Crippen LogP contribution in [0.3, 0.4) is 0 Å². The maximum Gasteiger partial charge on any atom is 0.246 e. The SMILES string of the molecule is CC12CCCN3CCc4c(n(c5ccccc45)C(C)(OCC(=O)NCCC4CCOCC4)C1)C32. The molecule has 3 unspecified atom stereocenters. The number of nitrogens with one attached hydrogen (secondary N) is 1. The molecule has 4 aliphatic rings. The Hall–Kier alpha value is -1.89. The molecule has 0 bridgehead atoms. The minimum absolute atomic E-state index is 0.00355. The van der Waals surface area contributed by atoms with E-state index in [4.69, 9.17) is 9.47 Å². The Labute approximate surface area is 203 Å². The topological polar surface area (TPSA) is 55.7 Å². The first kappa shape index (κ1) is 22.6. The van der Waals surface area contributed by atoms with E-state index in [1.165, 1.54) is 41.5 Å². The molecule has 4 aliphatic heterocycles. The second-order valence-corrected chi connectivity index (χ2v) is 11.5. The summed E-state index contributed by atoms with van der Waals surface area (Å²) in [5.74, 6) is 0.658. The number of carbonyl (C=O) groups is 1. The van der Waals surface area contributed by atoms with Crippen molar-refractivity contribution in [2.45, 2.75) is 70.6 Å². The first-order chi connectivity index (χ1) is 16.5. The summed E-state index contributed by atoms with van der Waals surface area (Å²) < 4.78 is 14.5. The van der Waals surface area contributed by atoms with Crippen LogP contribution in [0.1, 0.15) is 69.7 Å². The highest BCUT2D eigenvalue weighted by Crippen LogP contribution is 2.59. The van der Waals surface area contributed by atoms with Gasteiger partial charge in [0.1, 0.15) is 12.3 Å². The zero-order valence-corrected chi connectivity index (χ0v) is 20.8. The van der Waals surface area contributed by atoms with Crippen LogP contribution in [0.4, 0.5) is 0 Å². The van der Waals surface area contributed by atoms with Crippen LogP contribution >= 0.6 is 0 Å². The quantitative estimate of drug-likeness (QED) is 0.689. The van der Waals surface area contributed by atoms with Crippen molar-refractivity contribution >= 4 is 16.8 Å². The van der Waals surface area contributed by atoms with Crippen LogP contribution in [-0.4, -0.2) is 54.8 Å². The normalized spacial score (nSPS) is 31.4. The van der Waals surface area contributed by atoms with E-state index in [2.05, 4.69) is 52.9 Å². The van der Waals surface area contributed by atoms with E-state index < -0.39 is 5.72 Å². The molecule has 5 heterocycles. The predicted octanol–water partition coefficient (Wildman–Crippen LogP) is 4.37. The van der Waals surface area contributed by atoms with Crippen molar-refractivity contribution in [2.75, 3.05) is 39.5 Å². The molecule has 2 aromatic rings. The summed E-state index contributed by atoms with van der Waals surface area (Å²) in [6, 6.07) is 9.24. The highest BCUT2D eigenvalue weighted by molar-refractivity contribution is 5.87. The molecular weight excluding hydrogens is 426 g/mol. The van der Waals surface area contributed by atoms with Gasteiger partial charge in [0.15, 0.2) is 0 Å². The summed E-state index contributed by atoms with van der Waals surface area (Å²) in [7, 11) is 0. The number of hydrogen-bond donors (Lipinski definition) is 1. The number of aromatic nitrogens is 1. The fraction of sp³-hybridized carbons (Fsp3) is 0.679. The molecule has 0 spiro atoms. The minimum Gasteiger partial charge on any atom is -0.381 e. The number of ether oxygens (including phenoxy) is 2. The number of nitrogens with zero attached hydrogens (tertiary/aromatic N) is 2. The Morgan fingerprint density at radius 3 is 2.88 bits per heavy atom. The number of amides is 1. The van der Waals surface area contributed by atoms with Gasteiger partial charge in [-0.05, 0) is 75.0 Å². The number of benzene rings is 1. The largest absolute Gasteiger partial charge is 0.381 e. The van der Waals surface area contributed by atoms with Gasteiger partial charge in [-0.1, -0.05) is 25.1 Å². The number of para-hydroxylation sites is 1. The summed E-state index contributed by atoms with van der Waals surface area (Å²) in [6.45, 7) is 9.54. The van der Waals surface area contributed by atoms with Gasteiger partial charge in [-0.15, -0.1) is 0 Å². The summed E-state index contributed by atoms with van der Waals surface area (Å²) in [5, 5.41) is 4.48. The molecular formula is C28H39N3O3. The monoisotopic (exact) mass is 465 g/mol. The first-order valence-electron chi connectivity index (χ1n) is 13.3. The van der Waals surface area contributed by atoms with Crippen molar-refractivity contribution in [3.63, 3.8) is 0 Å². The van der Waals surface area contributed by atoms with Crippen LogP contribution < -0.4 is 5.32 Å². The summed E-state index contributed by atoms with van der Waals surface area (Å²) in [4.78, 5) is 15.5. The van der Waals surface area contributed by atoms with Crippen LogP contribution in [-0.2, 0) is 26.4 Å². The Kier molecular flexibility index (Phi) is 5.74. The number of carbonyl (C=O) groups excluding carboxylic acids is 1. The average molecular weight is 466 g/mol. The predicted molar refractivity (Wildman–Crippen MR) is 133 cm³/mol. The number of hydrogen-bond acceptors (Lipinski definition) is 4. The molecule has 1 aromatic carbocycles. The van der Waals surface area contributed by atoms with Gasteiger partial charge in [-0.25, -0.2) is 0 Å². The smallest absolute Gasteiger partial charge is 0.246 e. The van der Waals surface area contributed by atoms with Crippen molar-refractivity contribution in [2.24, 2.45) is 11.3 Å². The first-order valence-corrected chi connectivity index (χ1v) is 13.3. The Morgan fingerprint density at radius 1 is 1.21 bits per heavy atom. The summed E-state index contributed by atoms with van der Waals surface area (Å²) in [5.41, 5.74) is 3.83. The number of fused-ring (bicyclic) bond motifs is 3. The molecule has 2 saturated heterocycles. The molecule has 1 amide bonds. The molecule has 6 heteroatoms. The average Bonchev–Trinajstić information content (AvgIpc) is 3.19. The highest BCUT2D eigenvalue weighted by atomic mass is 16.5. The van der Waals surface area contributed by atoms with Gasteiger partial charge in [0.25, 0.3) is 0 Å². The Morgan fingerprint density at radius 2 is 2.03 bits per heavy atom. The van der Waals surface area contributed by atoms with Gasteiger partial charge in [-0.3, -0.25) is 9.69 Å². The highest BCUT2D eigenvalue weighted by Gasteiger charge is 2.55. The molecule has 0 aliphatic carbocycles. The Bertz CT molecular complexity index is 1070. The van der Waals surface area contributed by atoms with Crippen LogP contribution in [0.15, 0.2) is 24.3 Å². The van der Waals surface area contributed by atoms with Crippen molar-refractivity contribution < 1.29 is 14.3 Å². The van der Waals surface area contributed by atoms with Crippen LogP contribution in [0.5, 0.6) is 0 Å². The molecule has 3 atom stereocenters. The maximum atomic E-state index is 12.8. The van der Waals surface area contributed by atoms with Crippen molar-refractivity contribution in [1.82, 2.24) is 14.8 Å². The van der Waals surface area contributed by atoms with Crippen LogP contribution in [0.2, 0.25) is 0 Å². The van der Waals surface area contributed by atoms with E-state index in [0.29, 0.717) is 12.0 Å². The maximum absolute atomic E-state index is 12.8. The van der Waals surface area contributed by atoms with E-state index in [1.807, 2.05) is 0 Å². The van der Waals surface area contributed by atoms with E-state index >= 15 is 0 Å². The standard InChI is InChI=1S/C28H39N3O3/c1-27-12-5-14-30-15-9-22-21-6-3-4-7-23(21)31(25(22)26(27)30)28(2,19-27)34-18-24(32)29-13-8-20-10-16-33-17-11-20/h3-4,6-7,20,26H,5,8-19H2,1-2H3,(H,29,32). The fourth-order valence-electron chi connectivity index (χ4n) is 7.63. The van der Waals surface area contributed by atoms with Gasteiger partial charge >= 0.3 is 0 Å². The third-order valence-electron chi connectivity index (χ3n) is 9.08. The minimum atomic E-state index is -0.531. The lowest BCUT2D eigenvalue weighted by Crippen LogP contribution is -2.57. The molecule has 0 radical (unpaired) electrons. The lowest BCUT2D eigenvalue weighted by molar-refractivity contribution is -0.170. The molecule has 2 fully saturated rings. The van der Waals surface area contributed by atoms with Crippen LogP contribution in [0.25, 0.3) is 10.9 Å². The lowest BCUT2D eigenvalue weighted by Gasteiger charge is -2.58. The van der Waals surface area contributed by atoms with Crippen LogP contribution in [0, 0.1) is 11.3 Å².